The number of carbonyl (C=O) groups is 1. The Morgan fingerprint density at radius 3 is 2.47 bits per heavy atom. The molecule has 2 heterocycles. The molecule has 0 spiro atoms. The predicted molar refractivity (Wildman–Crippen MR) is 131 cm³/mol. The molecule has 34 heavy (non-hydrogen) atoms. The van der Waals surface area contributed by atoms with Gasteiger partial charge in [-0.25, -0.2) is 18.8 Å². The summed E-state index contributed by atoms with van der Waals surface area (Å²) in [5.41, 5.74) is 4.95. The minimum absolute atomic E-state index is 0.168. The Morgan fingerprint density at radius 1 is 1.15 bits per heavy atom. The summed E-state index contributed by atoms with van der Waals surface area (Å²) in [6.07, 6.45) is -0.0785. The highest BCUT2D eigenvalue weighted by atomic mass is 79.9. The van der Waals surface area contributed by atoms with Gasteiger partial charge in [0.15, 0.2) is 5.82 Å². The molecule has 3 aromatic rings. The van der Waals surface area contributed by atoms with Crippen LogP contribution in [0.5, 0.6) is 0 Å². The Bertz CT molecular complexity index is 1250. The fourth-order valence-corrected chi connectivity index (χ4v) is 3.95. The summed E-state index contributed by atoms with van der Waals surface area (Å²) in [5, 5.41) is 0. The van der Waals surface area contributed by atoms with Gasteiger partial charge in [-0.15, -0.1) is 0 Å². The zero-order valence-corrected chi connectivity index (χ0v) is 20.9. The Morgan fingerprint density at radius 2 is 1.82 bits per heavy atom. The first kappa shape index (κ1) is 23.9. The van der Waals surface area contributed by atoms with Crippen molar-refractivity contribution in [1.29, 1.82) is 0 Å². The van der Waals surface area contributed by atoms with Crippen LogP contribution in [-0.4, -0.2) is 32.8 Å². The van der Waals surface area contributed by atoms with Crippen molar-refractivity contribution in [2.75, 3.05) is 12.0 Å². The Hall–Kier alpha value is -3.20. The lowest BCUT2D eigenvalue weighted by Gasteiger charge is -2.31. The van der Waals surface area contributed by atoms with Crippen molar-refractivity contribution in [1.82, 2.24) is 14.6 Å². The zero-order chi connectivity index (χ0) is 24.5. The van der Waals surface area contributed by atoms with Gasteiger partial charge in [-0.05, 0) is 69.2 Å². The molecule has 1 N–H and O–H groups in total. The Kier molecular flexibility index (Phi) is 6.74. The molecule has 1 amide bonds. The predicted octanol–water partition coefficient (Wildman–Crippen LogP) is 4.85. The van der Waals surface area contributed by atoms with Gasteiger partial charge >= 0.3 is 6.09 Å². The molecule has 1 aliphatic rings. The minimum Gasteiger partial charge on any atom is -0.444 e. The fraction of sp³-hybridized carbons (Fsp3) is 0.320. The van der Waals surface area contributed by atoms with Crippen molar-refractivity contribution >= 4 is 22.0 Å². The van der Waals surface area contributed by atoms with Gasteiger partial charge in [-0.2, -0.15) is 0 Å². The van der Waals surface area contributed by atoms with Crippen LogP contribution in [0.3, 0.4) is 0 Å². The average Bonchev–Trinajstić information content (AvgIpc) is 2.78. The van der Waals surface area contributed by atoms with Gasteiger partial charge < -0.3 is 15.1 Å². The summed E-state index contributed by atoms with van der Waals surface area (Å²) in [7, 11) is 0. The van der Waals surface area contributed by atoms with E-state index >= 15 is 0 Å². The number of hydrogen-bond donors (Lipinski definition) is 1. The van der Waals surface area contributed by atoms with E-state index in [2.05, 4.69) is 21.4 Å². The maximum atomic E-state index is 13.6. The number of aromatic nitrogens is 2. The lowest BCUT2D eigenvalue weighted by molar-refractivity contribution is 0.0220. The van der Waals surface area contributed by atoms with E-state index in [0.717, 1.165) is 10.0 Å². The van der Waals surface area contributed by atoms with E-state index < -0.39 is 11.7 Å². The summed E-state index contributed by atoms with van der Waals surface area (Å²) in [6, 6.07) is 13.6. The van der Waals surface area contributed by atoms with E-state index in [0.29, 0.717) is 42.2 Å². The van der Waals surface area contributed by atoms with E-state index in [4.69, 9.17) is 9.72 Å². The Balaban J connectivity index is 1.70. The third kappa shape index (κ3) is 5.47. The van der Waals surface area contributed by atoms with E-state index in [1.54, 1.807) is 17.0 Å². The quantitative estimate of drug-likeness (QED) is 0.523. The van der Waals surface area contributed by atoms with E-state index in [9.17, 15) is 14.0 Å². The minimum atomic E-state index is -0.621. The molecular weight excluding hydrogens is 503 g/mol. The van der Waals surface area contributed by atoms with E-state index in [1.165, 1.54) is 16.8 Å². The molecule has 0 saturated heterocycles. The van der Waals surface area contributed by atoms with Crippen molar-refractivity contribution in [3.8, 4) is 11.4 Å². The molecule has 0 unspecified atom stereocenters. The van der Waals surface area contributed by atoms with Gasteiger partial charge in [0.1, 0.15) is 11.4 Å². The van der Waals surface area contributed by atoms with Crippen LogP contribution < -0.4 is 11.0 Å². The van der Waals surface area contributed by atoms with Crippen LogP contribution in [0.25, 0.3) is 11.4 Å². The maximum Gasteiger partial charge on any atom is 0.410 e. The smallest absolute Gasteiger partial charge is 0.410 e. The van der Waals surface area contributed by atoms with Gasteiger partial charge in [0.05, 0.1) is 18.8 Å². The first-order valence-electron chi connectivity index (χ1n) is 11.0. The number of amides is 1. The van der Waals surface area contributed by atoms with Crippen molar-refractivity contribution in [3.63, 3.8) is 0 Å². The number of nitrogens with zero attached hydrogens (tertiary/aromatic N) is 3. The summed E-state index contributed by atoms with van der Waals surface area (Å²) >= 11 is 3.42. The molecule has 0 radical (unpaired) electrons. The number of nitrogens with one attached hydrogen (secondary N) is 1. The van der Waals surface area contributed by atoms with Crippen LogP contribution in [-0.2, 0) is 24.2 Å². The molecule has 178 valence electrons. The van der Waals surface area contributed by atoms with Crippen LogP contribution in [0.4, 0.5) is 9.18 Å². The van der Waals surface area contributed by atoms with Crippen LogP contribution in [0.1, 0.15) is 37.6 Å². The number of carbonyl (C=O) groups excluding carboxylic acids is 1. The van der Waals surface area contributed by atoms with Crippen molar-refractivity contribution in [2.24, 2.45) is 0 Å². The second kappa shape index (κ2) is 9.58. The molecule has 0 bridgehead atoms. The number of halogens is 2. The van der Waals surface area contributed by atoms with Gasteiger partial charge in [0.25, 0.3) is 5.56 Å². The standard InChI is InChI=1S/C25H26BrFN4O3/c1-25(2,3)34-24(33)30-13-12-20-21(15-30)29-22(17-6-10-19(27)11-7-17)31(23(20)32)28-14-16-4-8-18(26)9-5-16/h4-11,28H,12-15H2,1-3H3. The van der Waals surface area contributed by atoms with Gasteiger partial charge in [0.2, 0.25) is 0 Å². The fourth-order valence-electron chi connectivity index (χ4n) is 3.68. The lowest BCUT2D eigenvalue weighted by atomic mass is 10.1. The van der Waals surface area contributed by atoms with Gasteiger partial charge in [-0.3, -0.25) is 4.79 Å². The van der Waals surface area contributed by atoms with Crippen molar-refractivity contribution in [3.05, 3.63) is 86.0 Å². The van der Waals surface area contributed by atoms with E-state index in [-0.39, 0.29) is 17.9 Å². The highest BCUT2D eigenvalue weighted by Gasteiger charge is 2.29. The normalized spacial score (nSPS) is 13.4. The Labute approximate surface area is 205 Å². The molecule has 0 fully saturated rings. The highest BCUT2D eigenvalue weighted by Crippen LogP contribution is 2.22. The number of rotatable bonds is 4. The molecule has 1 aliphatic heterocycles. The van der Waals surface area contributed by atoms with Gasteiger partial charge in [-0.1, -0.05) is 28.1 Å². The van der Waals surface area contributed by atoms with Crippen LogP contribution in [0.15, 0.2) is 57.8 Å². The first-order chi connectivity index (χ1) is 16.1. The third-order valence-electron chi connectivity index (χ3n) is 5.34. The molecule has 2 aromatic carbocycles. The maximum absolute atomic E-state index is 13.6. The molecule has 0 saturated carbocycles. The highest BCUT2D eigenvalue weighted by molar-refractivity contribution is 9.10. The molecule has 9 heteroatoms. The largest absolute Gasteiger partial charge is 0.444 e. The second-order valence-corrected chi connectivity index (χ2v) is 10.0. The van der Waals surface area contributed by atoms with E-state index in [1.807, 2.05) is 45.0 Å². The molecule has 1 aromatic heterocycles. The molecule has 0 aliphatic carbocycles. The number of ether oxygens (including phenoxy) is 1. The average molecular weight is 529 g/mol. The van der Waals surface area contributed by atoms with Crippen LogP contribution in [0.2, 0.25) is 0 Å². The summed E-state index contributed by atoms with van der Waals surface area (Å²) in [6.45, 7) is 6.35. The molecule has 4 rings (SSSR count). The SMILES string of the molecule is CC(C)(C)OC(=O)N1CCc2c(nc(-c3ccc(F)cc3)n(NCc3ccc(Br)cc3)c2=O)C1. The monoisotopic (exact) mass is 528 g/mol. The topological polar surface area (TPSA) is 76.5 Å². The number of benzene rings is 2. The van der Waals surface area contributed by atoms with Gasteiger partial charge in [0, 0.05) is 22.1 Å². The zero-order valence-electron chi connectivity index (χ0n) is 19.3. The van der Waals surface area contributed by atoms with Crippen LogP contribution in [0, 0.1) is 5.82 Å². The summed E-state index contributed by atoms with van der Waals surface area (Å²) < 4.78 is 21.4. The molecule has 0 atom stereocenters. The lowest BCUT2D eigenvalue weighted by Crippen LogP contribution is -2.44. The first-order valence-corrected chi connectivity index (χ1v) is 11.8. The van der Waals surface area contributed by atoms with Crippen molar-refractivity contribution < 1.29 is 13.9 Å². The van der Waals surface area contributed by atoms with Crippen LogP contribution >= 0.6 is 15.9 Å². The molecular formula is C25H26BrFN4O3. The van der Waals surface area contributed by atoms with Crippen molar-refractivity contribution in [2.45, 2.75) is 45.9 Å². The summed E-state index contributed by atoms with van der Waals surface area (Å²) in [4.78, 5) is 32.4. The second-order valence-electron chi connectivity index (χ2n) is 9.12. The number of fused-ring (bicyclic) bond motifs is 1. The number of hydrogen-bond acceptors (Lipinski definition) is 5. The molecule has 7 nitrogen and oxygen atoms in total. The third-order valence-corrected chi connectivity index (χ3v) is 5.87. The summed E-state index contributed by atoms with van der Waals surface area (Å²) in [5.74, 6) is -0.0265.